The maximum absolute atomic E-state index is 12.7. The van der Waals surface area contributed by atoms with Gasteiger partial charge in [0, 0.05) is 16.9 Å². The van der Waals surface area contributed by atoms with Gasteiger partial charge in [-0.15, -0.1) is 0 Å². The molecule has 0 spiro atoms. The fraction of sp³-hybridized carbons (Fsp3) is 0.462. The fourth-order valence-corrected chi connectivity index (χ4v) is 3.72. The molecule has 0 aromatic heterocycles. The average Bonchev–Trinajstić information content (AvgIpc) is 2.62. The van der Waals surface area contributed by atoms with Gasteiger partial charge in [-0.3, -0.25) is 9.59 Å². The Morgan fingerprint density at radius 2 is 1.10 bits per heavy atom. The number of benzene rings is 2. The number of nitrogens with one attached hydrogen (secondary N) is 2. The Kier molecular flexibility index (Phi) is 6.89. The number of carbonyl (C=O) groups is 2. The zero-order valence-electron chi connectivity index (χ0n) is 20.5. The second-order valence-corrected chi connectivity index (χ2v) is 10.3. The van der Waals surface area contributed by atoms with Crippen LogP contribution >= 0.6 is 0 Å². The standard InChI is InChI=1S/C26H36N2O3/c1-15-11-16(2)20(13-18(15)25(4,5)6)27-23(29)24(30)28-21-14-19(26(7,8)9)22(31-10)12-17(21)3/h11-14H,1-10H3,(H,27,29)(H,28,30). The molecule has 0 unspecified atom stereocenters. The molecule has 0 fully saturated rings. The van der Waals surface area contributed by atoms with Gasteiger partial charge in [0.05, 0.1) is 7.11 Å². The number of aryl methyl sites for hydroxylation is 3. The highest BCUT2D eigenvalue weighted by Crippen LogP contribution is 2.35. The van der Waals surface area contributed by atoms with Crippen LogP contribution in [-0.4, -0.2) is 18.9 Å². The Morgan fingerprint density at radius 1 is 0.677 bits per heavy atom. The smallest absolute Gasteiger partial charge is 0.314 e. The van der Waals surface area contributed by atoms with Crippen LogP contribution in [0.3, 0.4) is 0 Å². The highest BCUT2D eigenvalue weighted by atomic mass is 16.5. The molecule has 2 aromatic rings. The molecule has 168 valence electrons. The molecular formula is C26H36N2O3. The van der Waals surface area contributed by atoms with E-state index < -0.39 is 11.8 Å². The van der Waals surface area contributed by atoms with Gasteiger partial charge < -0.3 is 15.4 Å². The minimum absolute atomic E-state index is 0.0664. The maximum atomic E-state index is 12.7. The molecule has 0 aliphatic rings. The van der Waals surface area contributed by atoms with E-state index in [1.54, 1.807) is 7.11 Å². The summed E-state index contributed by atoms with van der Waals surface area (Å²) < 4.78 is 5.51. The van der Waals surface area contributed by atoms with E-state index in [0.29, 0.717) is 11.4 Å². The molecule has 0 aliphatic heterocycles. The summed E-state index contributed by atoms with van der Waals surface area (Å²) in [7, 11) is 1.63. The van der Waals surface area contributed by atoms with Crippen LogP contribution in [0, 0.1) is 20.8 Å². The van der Waals surface area contributed by atoms with Gasteiger partial charge in [0.1, 0.15) is 5.75 Å². The van der Waals surface area contributed by atoms with Crippen LogP contribution in [0.25, 0.3) is 0 Å². The molecule has 31 heavy (non-hydrogen) atoms. The summed E-state index contributed by atoms with van der Waals surface area (Å²) in [6.45, 7) is 18.5. The molecule has 2 rings (SSSR count). The van der Waals surface area contributed by atoms with Crippen molar-refractivity contribution in [1.29, 1.82) is 0 Å². The lowest BCUT2D eigenvalue weighted by molar-refractivity contribution is -0.133. The first kappa shape index (κ1) is 24.4. The monoisotopic (exact) mass is 424 g/mol. The fourth-order valence-electron chi connectivity index (χ4n) is 3.72. The zero-order chi connectivity index (χ0) is 23.7. The van der Waals surface area contributed by atoms with Crippen molar-refractivity contribution in [2.45, 2.75) is 73.1 Å². The minimum atomic E-state index is -0.703. The third kappa shape index (κ3) is 5.66. The van der Waals surface area contributed by atoms with E-state index in [0.717, 1.165) is 33.6 Å². The molecular weight excluding hydrogens is 388 g/mol. The molecule has 2 aromatic carbocycles. The summed E-state index contributed by atoms with van der Waals surface area (Å²) in [6, 6.07) is 7.77. The van der Waals surface area contributed by atoms with Crippen molar-refractivity contribution >= 4 is 23.2 Å². The van der Waals surface area contributed by atoms with Crippen LogP contribution < -0.4 is 15.4 Å². The molecule has 5 nitrogen and oxygen atoms in total. The molecule has 2 amide bonds. The summed E-state index contributed by atoms with van der Waals surface area (Å²) >= 11 is 0. The molecule has 0 bridgehead atoms. The van der Waals surface area contributed by atoms with Gasteiger partial charge in [0.2, 0.25) is 0 Å². The Bertz CT molecular complexity index is 1010. The Labute approximate surface area is 186 Å². The Morgan fingerprint density at radius 3 is 1.52 bits per heavy atom. The third-order valence-electron chi connectivity index (χ3n) is 5.44. The van der Waals surface area contributed by atoms with Crippen LogP contribution in [-0.2, 0) is 20.4 Å². The van der Waals surface area contributed by atoms with Crippen molar-refractivity contribution in [3.05, 3.63) is 52.1 Å². The van der Waals surface area contributed by atoms with Gasteiger partial charge in [-0.25, -0.2) is 0 Å². The van der Waals surface area contributed by atoms with Crippen molar-refractivity contribution < 1.29 is 14.3 Å². The summed E-state index contributed by atoms with van der Waals surface area (Å²) in [4.78, 5) is 25.4. The predicted molar refractivity (Wildman–Crippen MR) is 128 cm³/mol. The van der Waals surface area contributed by atoms with Crippen LogP contribution in [0.2, 0.25) is 0 Å². The zero-order valence-corrected chi connectivity index (χ0v) is 20.5. The van der Waals surface area contributed by atoms with Crippen LogP contribution in [0.4, 0.5) is 11.4 Å². The highest BCUT2D eigenvalue weighted by Gasteiger charge is 2.23. The summed E-state index contributed by atoms with van der Waals surface area (Å²) in [6.07, 6.45) is 0. The molecule has 0 saturated heterocycles. The van der Waals surface area contributed by atoms with Crippen LogP contribution in [0.5, 0.6) is 5.75 Å². The van der Waals surface area contributed by atoms with E-state index in [-0.39, 0.29) is 10.8 Å². The Balaban J connectivity index is 2.29. The first-order valence-electron chi connectivity index (χ1n) is 10.6. The normalized spacial score (nSPS) is 11.8. The topological polar surface area (TPSA) is 67.4 Å². The summed E-state index contributed by atoms with van der Waals surface area (Å²) in [5.41, 5.74) is 6.01. The van der Waals surface area contributed by atoms with Gasteiger partial charge in [-0.1, -0.05) is 47.6 Å². The SMILES string of the molecule is COc1cc(C)c(NC(=O)C(=O)Nc2cc(C(C)(C)C)c(C)cc2C)cc1C(C)(C)C. The molecule has 0 aliphatic carbocycles. The first-order chi connectivity index (χ1) is 14.1. The van der Waals surface area contributed by atoms with E-state index in [1.807, 2.05) is 38.1 Å². The number of amides is 2. The molecule has 5 heteroatoms. The average molecular weight is 425 g/mol. The van der Waals surface area contributed by atoms with Gasteiger partial charge >= 0.3 is 11.8 Å². The first-order valence-corrected chi connectivity index (χ1v) is 10.6. The largest absolute Gasteiger partial charge is 0.496 e. The minimum Gasteiger partial charge on any atom is -0.496 e. The predicted octanol–water partition coefficient (Wildman–Crippen LogP) is 5.79. The van der Waals surface area contributed by atoms with Gasteiger partial charge in [0.15, 0.2) is 0 Å². The number of carbonyl (C=O) groups excluding carboxylic acids is 2. The van der Waals surface area contributed by atoms with E-state index in [4.69, 9.17) is 4.74 Å². The lowest BCUT2D eigenvalue weighted by Gasteiger charge is -2.24. The Hall–Kier alpha value is -2.82. The van der Waals surface area contributed by atoms with Crippen molar-refractivity contribution in [2.75, 3.05) is 17.7 Å². The lowest BCUT2D eigenvalue weighted by atomic mass is 9.83. The molecule has 0 radical (unpaired) electrons. The molecule has 2 N–H and O–H groups in total. The van der Waals surface area contributed by atoms with E-state index in [2.05, 4.69) is 59.1 Å². The molecule has 0 atom stereocenters. The number of anilines is 2. The van der Waals surface area contributed by atoms with E-state index in [9.17, 15) is 9.59 Å². The van der Waals surface area contributed by atoms with Crippen molar-refractivity contribution in [2.24, 2.45) is 0 Å². The summed E-state index contributed by atoms with van der Waals surface area (Å²) in [5, 5.41) is 5.54. The third-order valence-corrected chi connectivity index (χ3v) is 5.44. The molecule has 0 heterocycles. The second kappa shape index (κ2) is 8.74. The van der Waals surface area contributed by atoms with Crippen LogP contribution in [0.15, 0.2) is 24.3 Å². The number of ether oxygens (including phenoxy) is 1. The maximum Gasteiger partial charge on any atom is 0.314 e. The van der Waals surface area contributed by atoms with Gasteiger partial charge in [0.25, 0.3) is 0 Å². The second-order valence-electron chi connectivity index (χ2n) is 10.3. The number of hydrogen-bond acceptors (Lipinski definition) is 3. The van der Waals surface area contributed by atoms with Crippen molar-refractivity contribution in [1.82, 2.24) is 0 Å². The summed E-state index contributed by atoms with van der Waals surface area (Å²) in [5.74, 6) is -0.637. The quantitative estimate of drug-likeness (QED) is 0.613. The highest BCUT2D eigenvalue weighted by molar-refractivity contribution is 6.43. The molecule has 0 saturated carbocycles. The number of hydrogen-bond donors (Lipinski definition) is 2. The van der Waals surface area contributed by atoms with Gasteiger partial charge in [-0.2, -0.15) is 0 Å². The van der Waals surface area contributed by atoms with E-state index in [1.165, 1.54) is 0 Å². The number of methoxy groups -OCH3 is 1. The lowest BCUT2D eigenvalue weighted by Crippen LogP contribution is -2.30. The van der Waals surface area contributed by atoms with Gasteiger partial charge in [-0.05, 0) is 72.1 Å². The van der Waals surface area contributed by atoms with E-state index >= 15 is 0 Å². The van der Waals surface area contributed by atoms with Crippen molar-refractivity contribution in [3.8, 4) is 5.75 Å². The van der Waals surface area contributed by atoms with Crippen LogP contribution in [0.1, 0.15) is 69.4 Å². The number of rotatable bonds is 3. The van der Waals surface area contributed by atoms with Crippen molar-refractivity contribution in [3.63, 3.8) is 0 Å².